The molecule has 0 unspecified atom stereocenters. The Labute approximate surface area is 113 Å². The van der Waals surface area contributed by atoms with Gasteiger partial charge in [0.15, 0.2) is 5.82 Å². The van der Waals surface area contributed by atoms with Crippen molar-refractivity contribution in [1.82, 2.24) is 24.8 Å². The molecule has 1 N–H and O–H groups in total. The zero-order valence-corrected chi connectivity index (χ0v) is 11.2. The summed E-state index contributed by atoms with van der Waals surface area (Å²) in [4.78, 5) is 18.6. The summed E-state index contributed by atoms with van der Waals surface area (Å²) in [6, 6.07) is 0. The van der Waals surface area contributed by atoms with Crippen molar-refractivity contribution in [3.05, 3.63) is 30.5 Å². The first-order chi connectivity index (χ1) is 9.31. The molecule has 2 aromatic heterocycles. The van der Waals surface area contributed by atoms with Gasteiger partial charge in [-0.15, -0.1) is 0 Å². The third-order valence-corrected chi connectivity index (χ3v) is 3.76. The summed E-state index contributed by atoms with van der Waals surface area (Å²) < 4.78 is 0. The summed E-state index contributed by atoms with van der Waals surface area (Å²) in [7, 11) is 2.19. The lowest BCUT2D eigenvalue weighted by Gasteiger charge is -2.28. The monoisotopic (exact) mass is 257 g/mol. The molecule has 5 heteroatoms. The highest BCUT2D eigenvalue weighted by atomic mass is 15.1. The number of nitrogens with zero attached hydrogens (tertiary/aromatic N) is 4. The van der Waals surface area contributed by atoms with Crippen LogP contribution in [0.4, 0.5) is 0 Å². The number of rotatable bonds is 3. The van der Waals surface area contributed by atoms with Gasteiger partial charge in [-0.05, 0) is 45.3 Å². The summed E-state index contributed by atoms with van der Waals surface area (Å²) in [6.45, 7) is 2.38. The number of imidazole rings is 1. The van der Waals surface area contributed by atoms with E-state index in [0.717, 1.165) is 29.6 Å². The molecule has 100 valence electrons. The maximum absolute atomic E-state index is 4.66. The van der Waals surface area contributed by atoms with E-state index in [4.69, 9.17) is 0 Å². The average Bonchev–Trinajstić information content (AvgIpc) is 2.96. The average molecular weight is 257 g/mol. The van der Waals surface area contributed by atoms with E-state index in [1.165, 1.54) is 25.9 Å². The molecule has 2 aromatic rings. The van der Waals surface area contributed by atoms with Gasteiger partial charge in [-0.2, -0.15) is 0 Å². The van der Waals surface area contributed by atoms with Gasteiger partial charge in [0.25, 0.3) is 0 Å². The van der Waals surface area contributed by atoms with Crippen LogP contribution in [0.3, 0.4) is 0 Å². The molecule has 0 aliphatic carbocycles. The summed E-state index contributed by atoms with van der Waals surface area (Å²) in [6.07, 6.45) is 10.7. The highest BCUT2D eigenvalue weighted by Gasteiger charge is 2.18. The fraction of sp³-hybridized carbons (Fsp3) is 0.500. The minimum atomic E-state index is 0.734. The van der Waals surface area contributed by atoms with Crippen molar-refractivity contribution in [3.8, 4) is 11.5 Å². The molecule has 0 aromatic carbocycles. The van der Waals surface area contributed by atoms with E-state index in [1.807, 2.05) is 6.20 Å². The first kappa shape index (κ1) is 12.3. The van der Waals surface area contributed by atoms with Gasteiger partial charge in [-0.3, -0.25) is 4.98 Å². The molecular formula is C14H19N5. The maximum atomic E-state index is 4.66. The van der Waals surface area contributed by atoms with Gasteiger partial charge < -0.3 is 9.88 Å². The van der Waals surface area contributed by atoms with Crippen LogP contribution >= 0.6 is 0 Å². The van der Waals surface area contributed by atoms with Crippen LogP contribution < -0.4 is 0 Å². The van der Waals surface area contributed by atoms with Crippen molar-refractivity contribution in [2.24, 2.45) is 5.92 Å². The van der Waals surface area contributed by atoms with Gasteiger partial charge in [0, 0.05) is 18.6 Å². The predicted molar refractivity (Wildman–Crippen MR) is 73.5 cm³/mol. The normalized spacial score (nSPS) is 17.7. The van der Waals surface area contributed by atoms with E-state index in [-0.39, 0.29) is 0 Å². The number of H-pyrrole nitrogens is 1. The molecular weight excluding hydrogens is 238 g/mol. The molecule has 1 saturated heterocycles. The maximum Gasteiger partial charge on any atom is 0.157 e. The van der Waals surface area contributed by atoms with Crippen LogP contribution in [0, 0.1) is 5.92 Å². The van der Waals surface area contributed by atoms with E-state index in [0.29, 0.717) is 0 Å². The third kappa shape index (κ3) is 2.98. The number of aromatic nitrogens is 4. The molecule has 3 heterocycles. The summed E-state index contributed by atoms with van der Waals surface area (Å²) >= 11 is 0. The largest absolute Gasteiger partial charge is 0.343 e. The Morgan fingerprint density at radius 1 is 1.32 bits per heavy atom. The van der Waals surface area contributed by atoms with Crippen LogP contribution in [0.15, 0.2) is 24.8 Å². The lowest BCUT2D eigenvalue weighted by atomic mass is 9.92. The molecule has 5 nitrogen and oxygen atoms in total. The molecule has 19 heavy (non-hydrogen) atoms. The standard InChI is InChI=1S/C14H19N5/c1-19-6-2-11(3-7-19)8-12-9-15-10-13(18-12)14-16-4-5-17-14/h4-5,9-11H,2-3,6-8H2,1H3,(H,16,17). The van der Waals surface area contributed by atoms with Crippen molar-refractivity contribution >= 4 is 0 Å². The Morgan fingerprint density at radius 2 is 2.16 bits per heavy atom. The Kier molecular flexibility index (Phi) is 3.55. The van der Waals surface area contributed by atoms with E-state index in [1.54, 1.807) is 18.6 Å². The summed E-state index contributed by atoms with van der Waals surface area (Å²) in [5.41, 5.74) is 1.90. The van der Waals surface area contributed by atoms with E-state index in [2.05, 4.69) is 31.9 Å². The van der Waals surface area contributed by atoms with Crippen LogP contribution in [-0.4, -0.2) is 45.0 Å². The van der Waals surface area contributed by atoms with Crippen LogP contribution in [0.1, 0.15) is 18.5 Å². The van der Waals surface area contributed by atoms with Crippen LogP contribution in [-0.2, 0) is 6.42 Å². The Bertz CT molecular complexity index is 514. The van der Waals surface area contributed by atoms with Crippen molar-refractivity contribution in [2.75, 3.05) is 20.1 Å². The highest BCUT2D eigenvalue weighted by Crippen LogP contribution is 2.20. The molecule has 1 fully saturated rings. The lowest BCUT2D eigenvalue weighted by Crippen LogP contribution is -2.31. The topological polar surface area (TPSA) is 57.7 Å². The second-order valence-electron chi connectivity index (χ2n) is 5.28. The van der Waals surface area contributed by atoms with Crippen molar-refractivity contribution in [3.63, 3.8) is 0 Å². The van der Waals surface area contributed by atoms with Gasteiger partial charge in [0.2, 0.25) is 0 Å². The van der Waals surface area contributed by atoms with E-state index in [9.17, 15) is 0 Å². The van der Waals surface area contributed by atoms with Crippen molar-refractivity contribution in [1.29, 1.82) is 0 Å². The zero-order valence-electron chi connectivity index (χ0n) is 11.2. The molecule has 0 spiro atoms. The third-order valence-electron chi connectivity index (χ3n) is 3.76. The van der Waals surface area contributed by atoms with Crippen LogP contribution in [0.2, 0.25) is 0 Å². The van der Waals surface area contributed by atoms with Crippen LogP contribution in [0.5, 0.6) is 0 Å². The van der Waals surface area contributed by atoms with Gasteiger partial charge in [0.1, 0.15) is 5.69 Å². The predicted octanol–water partition coefficient (Wildman–Crippen LogP) is 1.75. The van der Waals surface area contributed by atoms with E-state index < -0.39 is 0 Å². The Morgan fingerprint density at radius 3 is 2.89 bits per heavy atom. The Hall–Kier alpha value is -1.75. The number of hydrogen-bond donors (Lipinski definition) is 1. The first-order valence-electron chi connectivity index (χ1n) is 6.80. The smallest absolute Gasteiger partial charge is 0.157 e. The zero-order chi connectivity index (χ0) is 13.1. The Balaban J connectivity index is 1.70. The molecule has 0 amide bonds. The second kappa shape index (κ2) is 5.48. The fourth-order valence-corrected chi connectivity index (χ4v) is 2.59. The molecule has 0 saturated carbocycles. The van der Waals surface area contributed by atoms with Gasteiger partial charge in [0.05, 0.1) is 11.9 Å². The van der Waals surface area contributed by atoms with Crippen LogP contribution in [0.25, 0.3) is 11.5 Å². The SMILES string of the molecule is CN1CCC(Cc2cncc(-c3ncc[nH]3)n2)CC1. The molecule has 1 aliphatic heterocycles. The van der Waals surface area contributed by atoms with E-state index >= 15 is 0 Å². The second-order valence-corrected chi connectivity index (χ2v) is 5.28. The number of likely N-dealkylation sites (tertiary alicyclic amines) is 1. The van der Waals surface area contributed by atoms with Crippen molar-refractivity contribution in [2.45, 2.75) is 19.3 Å². The molecule has 3 rings (SSSR count). The van der Waals surface area contributed by atoms with Gasteiger partial charge >= 0.3 is 0 Å². The van der Waals surface area contributed by atoms with Gasteiger partial charge in [-0.1, -0.05) is 0 Å². The quantitative estimate of drug-likeness (QED) is 0.910. The fourth-order valence-electron chi connectivity index (χ4n) is 2.59. The minimum absolute atomic E-state index is 0.734. The number of nitrogens with one attached hydrogen (secondary N) is 1. The first-order valence-corrected chi connectivity index (χ1v) is 6.80. The summed E-state index contributed by atoms with van der Waals surface area (Å²) in [5, 5.41) is 0. The lowest BCUT2D eigenvalue weighted by molar-refractivity contribution is 0.218. The number of hydrogen-bond acceptors (Lipinski definition) is 4. The minimum Gasteiger partial charge on any atom is -0.343 e. The number of aromatic amines is 1. The number of piperidine rings is 1. The van der Waals surface area contributed by atoms with Gasteiger partial charge in [-0.25, -0.2) is 9.97 Å². The molecule has 0 bridgehead atoms. The molecule has 1 aliphatic rings. The molecule has 0 radical (unpaired) electrons. The van der Waals surface area contributed by atoms with Crippen molar-refractivity contribution < 1.29 is 0 Å². The molecule has 0 atom stereocenters. The highest BCUT2D eigenvalue weighted by molar-refractivity contribution is 5.46. The summed E-state index contributed by atoms with van der Waals surface area (Å²) in [5.74, 6) is 1.52.